The maximum Gasteiger partial charge on any atom is 0.166 e. The summed E-state index contributed by atoms with van der Waals surface area (Å²) < 4.78 is 217. The van der Waals surface area contributed by atoms with Crippen LogP contribution in [0.2, 0.25) is 0 Å². The summed E-state index contributed by atoms with van der Waals surface area (Å²) in [5.74, 6) is -1.37. The molecule has 0 spiro atoms. The van der Waals surface area contributed by atoms with Gasteiger partial charge in [-0.2, -0.15) is 0 Å². The van der Waals surface area contributed by atoms with Gasteiger partial charge in [0.2, 0.25) is 0 Å². The van der Waals surface area contributed by atoms with Crippen molar-refractivity contribution < 1.29 is 32.9 Å². The summed E-state index contributed by atoms with van der Waals surface area (Å²) in [6.07, 6.45) is 0. The fraction of sp³-hybridized carbons (Fsp3) is 0. The van der Waals surface area contributed by atoms with Crippen LogP contribution in [0.4, 0.5) is 0 Å². The second-order valence-corrected chi connectivity index (χ2v) is 11.3. The van der Waals surface area contributed by atoms with Gasteiger partial charge in [0.1, 0.15) is 11.6 Å². The molecule has 0 unspecified atom stereocenters. The van der Waals surface area contributed by atoms with Crippen LogP contribution < -0.4 is 0 Å². The minimum atomic E-state index is -0.790. The molecule has 238 valence electrons. The number of rotatable bonds is 4. The summed E-state index contributed by atoms with van der Waals surface area (Å²) in [4.78, 5) is 9.79. The summed E-state index contributed by atoms with van der Waals surface area (Å²) in [6, 6.07) is -10.5. The Bertz CT molecular complexity index is 4130. The van der Waals surface area contributed by atoms with Gasteiger partial charge in [-0.05, 0) is 48.4 Å². The van der Waals surface area contributed by atoms with Crippen LogP contribution in [0.1, 0.15) is 32.9 Å². The third-order valence-corrected chi connectivity index (χ3v) is 8.64. The maximum absolute atomic E-state index is 9.26. The molecule has 5 heteroatoms. The van der Waals surface area contributed by atoms with Crippen LogP contribution in [0.5, 0.6) is 0 Å². The Kier molecular flexibility index (Phi) is 2.82. The van der Waals surface area contributed by atoms with Gasteiger partial charge < -0.3 is 4.57 Å². The molecule has 0 aliphatic rings. The molecule has 7 aromatic carbocycles. The molecule has 0 aliphatic carbocycles. The van der Waals surface area contributed by atoms with Crippen molar-refractivity contribution >= 4 is 65.4 Å². The quantitative estimate of drug-likeness (QED) is 0.186. The predicted molar refractivity (Wildman–Crippen MR) is 210 cm³/mol. The van der Waals surface area contributed by atoms with E-state index in [-0.39, 0.29) is 54.6 Å². The highest BCUT2D eigenvalue weighted by Gasteiger charge is 2.21. The zero-order chi connectivity index (χ0) is 54.4. The van der Waals surface area contributed by atoms with Crippen LogP contribution in [0.25, 0.3) is 94.1 Å². The molecule has 4 aromatic heterocycles. The zero-order valence-corrected chi connectivity index (χ0v) is 25.6. The fourth-order valence-corrected chi connectivity index (χ4v) is 6.59. The molecule has 11 rings (SSSR count). The monoisotopic (exact) mass is 675 g/mol. The summed E-state index contributed by atoms with van der Waals surface area (Å²) in [6.45, 7) is 0. The van der Waals surface area contributed by atoms with E-state index in [1.54, 1.807) is 0 Å². The van der Waals surface area contributed by atoms with Gasteiger partial charge in [-0.25, -0.2) is 9.97 Å². The molecule has 4 heterocycles. The van der Waals surface area contributed by atoms with Crippen LogP contribution >= 0.6 is 0 Å². The Morgan fingerprint density at radius 3 is 1.06 bits per heavy atom. The van der Waals surface area contributed by atoms with Crippen molar-refractivity contribution in [2.24, 2.45) is 0 Å². The molecule has 0 saturated heterocycles. The molecular weight excluding hydrogens is 623 g/mol. The Morgan fingerprint density at radius 1 is 0.373 bits per heavy atom. The highest BCUT2D eigenvalue weighted by molar-refractivity contribution is 6.11. The van der Waals surface area contributed by atoms with Gasteiger partial charge in [-0.1, -0.05) is 121 Å². The average molecular weight is 676 g/mol. The van der Waals surface area contributed by atoms with Gasteiger partial charge in [0.05, 0.1) is 71.7 Å². The third kappa shape index (κ3) is 4.03. The van der Waals surface area contributed by atoms with Gasteiger partial charge in [-0.15, -0.1) is 0 Å². The van der Waals surface area contributed by atoms with E-state index < -0.39 is 185 Å². The van der Waals surface area contributed by atoms with Crippen molar-refractivity contribution in [1.29, 1.82) is 0 Å². The van der Waals surface area contributed by atoms with Crippen molar-refractivity contribution in [3.8, 4) is 28.7 Å². The van der Waals surface area contributed by atoms with E-state index in [1.807, 2.05) is 0 Å². The Hall–Kier alpha value is -6.98. The van der Waals surface area contributed by atoms with Crippen molar-refractivity contribution in [2.45, 2.75) is 0 Å². The predicted octanol–water partition coefficient (Wildman–Crippen LogP) is 11.4. The number of nitrogens with zero attached hydrogens (tertiary/aromatic N) is 5. The van der Waals surface area contributed by atoms with E-state index in [0.717, 1.165) is 15.2 Å². The first-order valence-corrected chi connectivity index (χ1v) is 15.3. The minimum absolute atomic E-state index is 0.104. The topological polar surface area (TPSA) is 40.6 Å². The zero-order valence-electron chi connectivity index (χ0n) is 49.6. The van der Waals surface area contributed by atoms with Crippen LogP contribution in [-0.4, -0.2) is 23.7 Å². The maximum atomic E-state index is 9.26. The lowest BCUT2D eigenvalue weighted by Crippen LogP contribution is -2.07. The molecule has 0 radical (unpaired) electrons. The molecule has 0 atom stereocenters. The lowest BCUT2D eigenvalue weighted by atomic mass is 10.1. The van der Waals surface area contributed by atoms with E-state index in [4.69, 9.17) is 34.6 Å². The number of hydrogen-bond donors (Lipinski definition) is 0. The van der Waals surface area contributed by atoms with E-state index in [0.29, 0.717) is 0 Å². The lowest BCUT2D eigenvalue weighted by Gasteiger charge is -2.16. The average Bonchev–Trinajstić information content (AvgIpc) is 4.11. The highest BCUT2D eigenvalue weighted by atomic mass is 15.1. The van der Waals surface area contributed by atoms with Crippen LogP contribution in [0.3, 0.4) is 0 Å². The van der Waals surface area contributed by atoms with E-state index in [9.17, 15) is 8.22 Å². The van der Waals surface area contributed by atoms with Gasteiger partial charge >= 0.3 is 0 Å². The molecule has 0 fully saturated rings. The fourth-order valence-electron chi connectivity index (χ4n) is 6.59. The molecule has 0 amide bonds. The van der Waals surface area contributed by atoms with Crippen molar-refractivity contribution in [3.05, 3.63) is 175 Å². The number of hydrogen-bond acceptors (Lipinski definition) is 2. The summed E-state index contributed by atoms with van der Waals surface area (Å²) in [5.41, 5.74) is -2.54. The first-order chi connectivity index (χ1) is 35.3. The molecule has 0 N–H and O–H groups in total. The van der Waals surface area contributed by atoms with Gasteiger partial charge in [0.25, 0.3) is 0 Å². The smallest absolute Gasteiger partial charge is 0.166 e. The van der Waals surface area contributed by atoms with Gasteiger partial charge in [0, 0.05) is 43.9 Å². The molecule has 51 heavy (non-hydrogen) atoms. The van der Waals surface area contributed by atoms with Crippen LogP contribution in [0, 0.1) is 0 Å². The van der Waals surface area contributed by atoms with Crippen molar-refractivity contribution in [2.75, 3.05) is 0 Å². The number of para-hydroxylation sites is 7. The summed E-state index contributed by atoms with van der Waals surface area (Å²) in [5, 5.41) is -2.01. The van der Waals surface area contributed by atoms with E-state index >= 15 is 0 Å². The molecule has 5 nitrogen and oxygen atoms in total. The first kappa shape index (κ1) is 13.4. The normalized spacial score (nSPS) is 18.5. The first-order valence-electron chi connectivity index (χ1n) is 27.3. The lowest BCUT2D eigenvalue weighted by molar-refractivity contribution is 0.991. The Balaban J connectivity index is 1.41. The number of aromatic nitrogens is 5. The Morgan fingerprint density at radius 2 is 0.686 bits per heavy atom. The standard InChI is InChI=1S/C46H29N5/c1-8-22-37-30(15-1)31-16-2-9-23-38(31)49(37)43-28-14-7-21-36(43)46-47-44(50-39-24-10-3-17-32(39)33-18-4-11-25-40(33)50)29-45(48-46)51-41-26-12-5-19-34(41)35-20-6-13-27-42(35)51/h1-29H/i1D,2D,3D,4D,5D,6D,8D,9D,10D,11D,12D,13D,15D,16D,17D,18D,19D,20D,22D,23D,24D,25D,26D,27D. The van der Waals surface area contributed by atoms with Crippen LogP contribution in [0.15, 0.2) is 175 Å². The van der Waals surface area contributed by atoms with Crippen LogP contribution in [-0.2, 0) is 0 Å². The molecule has 0 saturated carbocycles. The second kappa shape index (κ2) is 10.8. The third-order valence-electron chi connectivity index (χ3n) is 8.64. The molecule has 11 aromatic rings. The minimum Gasteiger partial charge on any atom is -0.309 e. The summed E-state index contributed by atoms with van der Waals surface area (Å²) >= 11 is 0. The SMILES string of the molecule is [2H]c1c([2H])c([2H])c2c(c1[2H])c1c([2H])c([2H])c([2H])c([2H])c1n2-c1cc(-n2c3c([2H])c([2H])c([2H])c([2H])c3c3c([2H])c([2H])c([2H])c([2H])c32)nc(-c2ccccc2-n2c3c([2H])c([2H])c([2H])c([2H])c3c3c([2H])c([2H])c([2H])c([2H])c32)n1. The number of fused-ring (bicyclic) bond motifs is 9. The van der Waals surface area contributed by atoms with E-state index in [2.05, 4.69) is 0 Å². The number of benzene rings is 7. The van der Waals surface area contributed by atoms with E-state index in [1.165, 1.54) is 28.8 Å². The molecule has 0 bridgehead atoms. The van der Waals surface area contributed by atoms with Gasteiger partial charge in [0.15, 0.2) is 5.82 Å². The van der Waals surface area contributed by atoms with Crippen molar-refractivity contribution in [1.82, 2.24) is 23.7 Å². The largest absolute Gasteiger partial charge is 0.309 e. The Labute approximate surface area is 326 Å². The molecular formula is C46H29N5. The molecule has 0 aliphatic heterocycles. The highest BCUT2D eigenvalue weighted by Crippen LogP contribution is 2.38. The van der Waals surface area contributed by atoms with Gasteiger partial charge in [-0.3, -0.25) is 9.13 Å². The second-order valence-electron chi connectivity index (χ2n) is 11.3. The summed E-state index contributed by atoms with van der Waals surface area (Å²) in [7, 11) is 0. The van der Waals surface area contributed by atoms with Crippen molar-refractivity contribution in [3.63, 3.8) is 0 Å².